The predicted octanol–water partition coefficient (Wildman–Crippen LogP) is 4.82. The van der Waals surface area contributed by atoms with Gasteiger partial charge in [-0.15, -0.1) is 0 Å². The first-order valence-electron chi connectivity index (χ1n) is 12.4. The number of carboxylic acids is 1. The first-order chi connectivity index (χ1) is 17.4. The zero-order valence-electron chi connectivity index (χ0n) is 20.3. The molecule has 5 rings (SSSR count). The van der Waals surface area contributed by atoms with Gasteiger partial charge in [-0.2, -0.15) is 0 Å². The maximum Gasteiger partial charge on any atom is 0.341 e. The summed E-state index contributed by atoms with van der Waals surface area (Å²) in [6.45, 7) is 11.7. The molecule has 186 valence electrons. The van der Waals surface area contributed by atoms with Crippen LogP contribution in [0.25, 0.3) is 23.1 Å². The number of aromatic carboxylic acids is 1. The number of pyridine rings is 1. The summed E-state index contributed by atoms with van der Waals surface area (Å²) in [4.78, 5) is 28.7. The van der Waals surface area contributed by atoms with Crippen LogP contribution in [-0.4, -0.2) is 53.3 Å². The van der Waals surface area contributed by atoms with E-state index >= 15 is 4.39 Å². The van der Waals surface area contributed by atoms with Crippen molar-refractivity contribution in [3.8, 4) is 0 Å². The van der Waals surface area contributed by atoms with Gasteiger partial charge >= 0.3 is 5.97 Å². The largest absolute Gasteiger partial charge is 0.477 e. The number of nitrogens with zero attached hydrogens (tertiary/aromatic N) is 3. The van der Waals surface area contributed by atoms with E-state index in [2.05, 4.69) is 24.1 Å². The molecule has 0 radical (unpaired) electrons. The Kier molecular flexibility index (Phi) is 6.49. The number of piperazine rings is 1. The van der Waals surface area contributed by atoms with Gasteiger partial charge in [-0.3, -0.25) is 9.69 Å². The Labute approximate surface area is 209 Å². The molecule has 0 amide bonds. The second kappa shape index (κ2) is 9.74. The van der Waals surface area contributed by atoms with Crippen molar-refractivity contribution in [2.45, 2.75) is 25.3 Å². The molecule has 7 heteroatoms. The Balaban J connectivity index is 1.34. The molecule has 0 unspecified atom stereocenters. The summed E-state index contributed by atoms with van der Waals surface area (Å²) in [7, 11) is 0. The van der Waals surface area contributed by atoms with Crippen molar-refractivity contribution in [2.75, 3.05) is 37.6 Å². The van der Waals surface area contributed by atoms with E-state index in [9.17, 15) is 14.7 Å². The smallest absolute Gasteiger partial charge is 0.341 e. The summed E-state index contributed by atoms with van der Waals surface area (Å²) >= 11 is 0. The highest BCUT2D eigenvalue weighted by molar-refractivity contribution is 5.93. The fraction of sp³-hybridized carbons (Fsp3) is 0.310. The van der Waals surface area contributed by atoms with Gasteiger partial charge in [-0.1, -0.05) is 43.5 Å². The Hall–Kier alpha value is -3.71. The summed E-state index contributed by atoms with van der Waals surface area (Å²) in [5.74, 6) is -1.77. The van der Waals surface area contributed by atoms with Crippen LogP contribution in [0.5, 0.6) is 0 Å². The van der Waals surface area contributed by atoms with Gasteiger partial charge in [0.2, 0.25) is 5.43 Å². The van der Waals surface area contributed by atoms with E-state index in [1.807, 2.05) is 33.8 Å². The molecular formula is C29H30FN3O3. The third kappa shape index (κ3) is 4.46. The van der Waals surface area contributed by atoms with Crippen molar-refractivity contribution in [1.82, 2.24) is 9.47 Å². The van der Waals surface area contributed by atoms with Crippen molar-refractivity contribution in [2.24, 2.45) is 0 Å². The van der Waals surface area contributed by atoms with Gasteiger partial charge in [-0.25, -0.2) is 9.18 Å². The van der Waals surface area contributed by atoms with Crippen molar-refractivity contribution in [3.05, 3.63) is 88.0 Å². The lowest BCUT2D eigenvalue weighted by Gasteiger charge is -2.36. The normalized spacial score (nSPS) is 16.3. The molecule has 1 saturated carbocycles. The van der Waals surface area contributed by atoms with Crippen molar-refractivity contribution in [3.63, 3.8) is 0 Å². The molecule has 0 spiro atoms. The first-order valence-corrected chi connectivity index (χ1v) is 12.4. The summed E-state index contributed by atoms with van der Waals surface area (Å²) in [6.07, 6.45) is 7.89. The zero-order chi connectivity index (χ0) is 25.4. The van der Waals surface area contributed by atoms with Crippen LogP contribution in [0.3, 0.4) is 0 Å². The highest BCUT2D eigenvalue weighted by Gasteiger charge is 2.28. The average molecular weight is 488 g/mol. The van der Waals surface area contributed by atoms with Gasteiger partial charge in [0.25, 0.3) is 0 Å². The molecule has 0 bridgehead atoms. The zero-order valence-corrected chi connectivity index (χ0v) is 20.3. The Morgan fingerprint density at radius 3 is 2.50 bits per heavy atom. The molecule has 36 heavy (non-hydrogen) atoms. The number of carbonyl (C=O) groups is 1. The molecule has 2 heterocycles. The number of rotatable bonds is 8. The minimum Gasteiger partial charge on any atom is -0.477 e. The fourth-order valence-corrected chi connectivity index (χ4v) is 5.18. The summed E-state index contributed by atoms with van der Waals surface area (Å²) in [5, 5.41) is 9.57. The van der Waals surface area contributed by atoms with E-state index in [0.717, 1.165) is 50.0 Å². The lowest BCUT2D eigenvalue weighted by Crippen LogP contribution is -2.47. The average Bonchev–Trinajstić information content (AvgIpc) is 3.73. The minimum atomic E-state index is -1.28. The third-order valence-electron chi connectivity index (χ3n) is 7.34. The quantitative estimate of drug-likeness (QED) is 0.493. The lowest BCUT2D eigenvalue weighted by molar-refractivity contribution is 0.0695. The van der Waals surface area contributed by atoms with E-state index in [4.69, 9.17) is 0 Å². The lowest BCUT2D eigenvalue weighted by atomic mass is 9.98. The van der Waals surface area contributed by atoms with Crippen LogP contribution >= 0.6 is 0 Å². The van der Waals surface area contributed by atoms with Crippen LogP contribution in [-0.2, 0) is 6.42 Å². The van der Waals surface area contributed by atoms with Gasteiger partial charge in [-0.05, 0) is 48.1 Å². The first kappa shape index (κ1) is 24.0. The SMILES string of the molecule is C=Cc1cccc(CCN2CCN(c3cc4c(cc3F)c(=O)c(C(=O)O)cn4C3CC3)CC2)c1C=C. The van der Waals surface area contributed by atoms with Crippen molar-refractivity contribution >= 4 is 34.7 Å². The van der Waals surface area contributed by atoms with Gasteiger partial charge in [0, 0.05) is 50.3 Å². The molecular weight excluding hydrogens is 457 g/mol. The highest BCUT2D eigenvalue weighted by atomic mass is 19.1. The van der Waals surface area contributed by atoms with E-state index < -0.39 is 17.2 Å². The number of aromatic nitrogens is 1. The number of carboxylic acid groups (broad SMARTS) is 1. The van der Waals surface area contributed by atoms with Crippen LogP contribution in [0, 0.1) is 5.82 Å². The van der Waals surface area contributed by atoms with Crippen LogP contribution in [0.4, 0.5) is 10.1 Å². The van der Waals surface area contributed by atoms with E-state index in [1.165, 1.54) is 17.8 Å². The number of anilines is 1. The van der Waals surface area contributed by atoms with Crippen molar-refractivity contribution in [1.29, 1.82) is 0 Å². The second-order valence-electron chi connectivity index (χ2n) is 9.54. The van der Waals surface area contributed by atoms with Crippen LogP contribution in [0.2, 0.25) is 0 Å². The standard InChI is InChI=1S/C29H30FN3O3/c1-3-19-6-5-7-20(22(19)4-2)10-11-31-12-14-32(15-13-31)27-17-26-23(16-25(27)30)28(34)24(29(35)36)18-33(26)21-8-9-21/h3-7,16-18,21H,1-2,8-15H2,(H,35,36). The van der Waals surface area contributed by atoms with Gasteiger partial charge in [0.15, 0.2) is 0 Å². The molecule has 1 aliphatic heterocycles. The topological polar surface area (TPSA) is 65.8 Å². The molecule has 0 atom stereocenters. The minimum absolute atomic E-state index is 0.126. The predicted molar refractivity (Wildman–Crippen MR) is 142 cm³/mol. The highest BCUT2D eigenvalue weighted by Crippen LogP contribution is 2.38. The molecule has 6 nitrogen and oxygen atoms in total. The molecule has 3 aromatic rings. The van der Waals surface area contributed by atoms with E-state index in [1.54, 1.807) is 6.07 Å². The summed E-state index contributed by atoms with van der Waals surface area (Å²) in [5.41, 5.74) is 3.56. The fourth-order valence-electron chi connectivity index (χ4n) is 5.18. The van der Waals surface area contributed by atoms with Crippen LogP contribution in [0.1, 0.15) is 45.9 Å². The number of hydrogen-bond donors (Lipinski definition) is 1. The number of benzene rings is 2. The number of hydrogen-bond acceptors (Lipinski definition) is 4. The number of halogens is 1. The van der Waals surface area contributed by atoms with Gasteiger partial charge in [0.05, 0.1) is 11.2 Å². The molecule has 1 aliphatic carbocycles. The second-order valence-corrected chi connectivity index (χ2v) is 9.54. The van der Waals surface area contributed by atoms with Gasteiger partial charge in [0.1, 0.15) is 11.4 Å². The molecule has 2 fully saturated rings. The maximum absolute atomic E-state index is 15.2. The molecule has 2 aliphatic rings. The Morgan fingerprint density at radius 2 is 1.86 bits per heavy atom. The van der Waals surface area contributed by atoms with Gasteiger partial charge < -0.3 is 14.6 Å². The number of fused-ring (bicyclic) bond motifs is 1. The summed E-state index contributed by atoms with van der Waals surface area (Å²) in [6, 6.07) is 9.30. The van der Waals surface area contributed by atoms with Crippen LogP contribution in [0.15, 0.2) is 54.5 Å². The van der Waals surface area contributed by atoms with E-state index in [-0.39, 0.29) is 17.0 Å². The van der Waals surface area contributed by atoms with Crippen molar-refractivity contribution < 1.29 is 14.3 Å². The Morgan fingerprint density at radius 1 is 1.11 bits per heavy atom. The summed E-state index contributed by atoms with van der Waals surface area (Å²) < 4.78 is 17.1. The van der Waals surface area contributed by atoms with Crippen LogP contribution < -0.4 is 10.3 Å². The molecule has 2 aromatic carbocycles. The molecule has 1 aromatic heterocycles. The Bertz CT molecular complexity index is 1420. The monoisotopic (exact) mass is 487 g/mol. The van der Waals surface area contributed by atoms with E-state index in [0.29, 0.717) is 24.3 Å². The molecule has 1 saturated heterocycles. The maximum atomic E-state index is 15.2. The third-order valence-corrected chi connectivity index (χ3v) is 7.34. The molecule has 1 N–H and O–H groups in total.